The highest BCUT2D eigenvalue weighted by atomic mass is 16.5. The van der Waals surface area contributed by atoms with Crippen molar-refractivity contribution in [1.29, 1.82) is 0 Å². The van der Waals surface area contributed by atoms with Gasteiger partial charge in [0.15, 0.2) is 0 Å². The molecule has 2 aliphatic heterocycles. The fourth-order valence-electron chi connectivity index (χ4n) is 3.76. The Bertz CT molecular complexity index is 575. The monoisotopic (exact) mass is 319 g/mol. The maximum atomic E-state index is 12.5. The number of primary amides is 1. The molecular formula is C17H25N3O3. The number of piperidine rings is 1. The normalized spacial score (nSPS) is 25.7. The Hall–Kier alpha value is -1.82. The Morgan fingerprint density at radius 1 is 1.35 bits per heavy atom. The van der Waals surface area contributed by atoms with Gasteiger partial charge < -0.3 is 20.4 Å². The van der Waals surface area contributed by atoms with E-state index in [2.05, 4.69) is 4.98 Å². The van der Waals surface area contributed by atoms with Crippen LogP contribution in [0.2, 0.25) is 0 Å². The fourth-order valence-corrected chi connectivity index (χ4v) is 3.76. The first-order valence-corrected chi connectivity index (χ1v) is 8.40. The summed E-state index contributed by atoms with van der Waals surface area (Å²) in [5, 5.41) is 0. The SMILES string of the molecule is Cc1[nH]ccc1C(=O)N1CCC(C[C@H]2OCC[C@H]2C(N)=O)CC1. The second-order valence-corrected chi connectivity index (χ2v) is 6.69. The molecule has 2 amide bonds. The predicted octanol–water partition coefficient (Wildman–Crippen LogP) is 1.46. The van der Waals surface area contributed by atoms with Crippen molar-refractivity contribution in [2.24, 2.45) is 17.6 Å². The third-order valence-corrected chi connectivity index (χ3v) is 5.23. The number of carbonyl (C=O) groups excluding carboxylic acids is 2. The van der Waals surface area contributed by atoms with Crippen molar-refractivity contribution in [2.45, 2.75) is 38.7 Å². The molecule has 6 heteroatoms. The number of amides is 2. The van der Waals surface area contributed by atoms with E-state index in [1.807, 2.05) is 17.9 Å². The summed E-state index contributed by atoms with van der Waals surface area (Å²) < 4.78 is 5.69. The molecule has 1 aromatic rings. The van der Waals surface area contributed by atoms with E-state index < -0.39 is 0 Å². The maximum absolute atomic E-state index is 12.5. The van der Waals surface area contributed by atoms with E-state index in [1.54, 1.807) is 6.20 Å². The van der Waals surface area contributed by atoms with Crippen LogP contribution in [0.1, 0.15) is 41.7 Å². The van der Waals surface area contributed by atoms with Gasteiger partial charge in [0.1, 0.15) is 0 Å². The van der Waals surface area contributed by atoms with Gasteiger partial charge in [-0.25, -0.2) is 0 Å². The van der Waals surface area contributed by atoms with Crippen LogP contribution in [0, 0.1) is 18.8 Å². The average molecular weight is 319 g/mol. The van der Waals surface area contributed by atoms with Gasteiger partial charge in [-0.3, -0.25) is 9.59 Å². The van der Waals surface area contributed by atoms with E-state index in [9.17, 15) is 9.59 Å². The van der Waals surface area contributed by atoms with E-state index in [-0.39, 0.29) is 23.8 Å². The molecule has 3 heterocycles. The molecule has 2 atom stereocenters. The molecule has 0 aromatic carbocycles. The summed E-state index contributed by atoms with van der Waals surface area (Å²) >= 11 is 0. The van der Waals surface area contributed by atoms with Crippen molar-refractivity contribution in [2.75, 3.05) is 19.7 Å². The summed E-state index contributed by atoms with van der Waals surface area (Å²) in [4.78, 5) is 28.9. The minimum Gasteiger partial charge on any atom is -0.377 e. The number of rotatable bonds is 4. The second-order valence-electron chi connectivity index (χ2n) is 6.69. The molecule has 126 valence electrons. The van der Waals surface area contributed by atoms with Crippen molar-refractivity contribution in [3.05, 3.63) is 23.5 Å². The van der Waals surface area contributed by atoms with Crippen LogP contribution in [0.4, 0.5) is 0 Å². The molecule has 2 saturated heterocycles. The van der Waals surface area contributed by atoms with Gasteiger partial charge in [0.25, 0.3) is 5.91 Å². The topological polar surface area (TPSA) is 88.4 Å². The molecular weight excluding hydrogens is 294 g/mol. The quantitative estimate of drug-likeness (QED) is 0.880. The van der Waals surface area contributed by atoms with E-state index in [1.165, 1.54) is 0 Å². The van der Waals surface area contributed by atoms with Crippen molar-refractivity contribution in [1.82, 2.24) is 9.88 Å². The van der Waals surface area contributed by atoms with E-state index in [0.717, 1.165) is 50.0 Å². The van der Waals surface area contributed by atoms with E-state index >= 15 is 0 Å². The lowest BCUT2D eigenvalue weighted by atomic mass is 9.86. The van der Waals surface area contributed by atoms with Crippen molar-refractivity contribution in [3.8, 4) is 0 Å². The van der Waals surface area contributed by atoms with Crippen LogP contribution in [0.5, 0.6) is 0 Å². The molecule has 0 bridgehead atoms. The van der Waals surface area contributed by atoms with Crippen LogP contribution in [0.15, 0.2) is 12.3 Å². The zero-order valence-corrected chi connectivity index (χ0v) is 13.6. The van der Waals surface area contributed by atoms with Gasteiger partial charge in [-0.05, 0) is 44.6 Å². The Kier molecular flexibility index (Phi) is 4.71. The first-order chi connectivity index (χ1) is 11.1. The number of H-pyrrole nitrogens is 1. The highest BCUT2D eigenvalue weighted by Gasteiger charge is 2.35. The summed E-state index contributed by atoms with van der Waals surface area (Å²) in [6.45, 7) is 4.08. The smallest absolute Gasteiger partial charge is 0.255 e. The number of carbonyl (C=O) groups is 2. The number of aromatic nitrogens is 1. The lowest BCUT2D eigenvalue weighted by molar-refractivity contribution is -0.123. The highest BCUT2D eigenvalue weighted by Crippen LogP contribution is 2.31. The number of hydrogen-bond acceptors (Lipinski definition) is 3. The highest BCUT2D eigenvalue weighted by molar-refractivity contribution is 5.95. The van der Waals surface area contributed by atoms with Gasteiger partial charge in [0.2, 0.25) is 5.91 Å². The Morgan fingerprint density at radius 3 is 2.70 bits per heavy atom. The molecule has 23 heavy (non-hydrogen) atoms. The molecule has 0 aliphatic carbocycles. The van der Waals surface area contributed by atoms with Gasteiger partial charge in [-0.2, -0.15) is 0 Å². The Morgan fingerprint density at radius 2 is 2.09 bits per heavy atom. The first-order valence-electron chi connectivity index (χ1n) is 8.40. The zero-order valence-electron chi connectivity index (χ0n) is 13.6. The largest absolute Gasteiger partial charge is 0.377 e. The third-order valence-electron chi connectivity index (χ3n) is 5.23. The minimum atomic E-state index is -0.247. The number of nitrogens with two attached hydrogens (primary N) is 1. The summed E-state index contributed by atoms with van der Waals surface area (Å²) in [5.41, 5.74) is 7.13. The summed E-state index contributed by atoms with van der Waals surface area (Å²) in [7, 11) is 0. The number of ether oxygens (including phenoxy) is 1. The number of hydrogen-bond donors (Lipinski definition) is 2. The van der Waals surface area contributed by atoms with Crippen molar-refractivity contribution >= 4 is 11.8 Å². The minimum absolute atomic E-state index is 0.0355. The number of aryl methyl sites for hydroxylation is 1. The second kappa shape index (κ2) is 6.74. The summed E-state index contributed by atoms with van der Waals surface area (Å²) in [6.07, 6.45) is 5.30. The molecule has 2 fully saturated rings. The molecule has 0 saturated carbocycles. The number of nitrogens with one attached hydrogen (secondary N) is 1. The van der Waals surface area contributed by atoms with Gasteiger partial charge in [0.05, 0.1) is 17.6 Å². The van der Waals surface area contributed by atoms with Gasteiger partial charge in [-0.15, -0.1) is 0 Å². The van der Waals surface area contributed by atoms with Gasteiger partial charge in [-0.1, -0.05) is 0 Å². The molecule has 3 rings (SSSR count). The summed E-state index contributed by atoms with van der Waals surface area (Å²) in [5.74, 6) is 0.214. The van der Waals surface area contributed by atoms with Crippen molar-refractivity contribution in [3.63, 3.8) is 0 Å². The van der Waals surface area contributed by atoms with Crippen LogP contribution in [0.3, 0.4) is 0 Å². The molecule has 0 radical (unpaired) electrons. The number of nitrogens with zero attached hydrogens (tertiary/aromatic N) is 1. The lowest BCUT2D eigenvalue weighted by Gasteiger charge is -2.33. The standard InChI is InChI=1S/C17H25N3O3/c1-11-13(2-6-19-11)17(22)20-7-3-12(4-8-20)10-15-14(16(18)21)5-9-23-15/h2,6,12,14-15,19H,3-5,7-10H2,1H3,(H2,18,21)/t14-,15-/m1/s1. The fraction of sp³-hybridized carbons (Fsp3) is 0.647. The van der Waals surface area contributed by atoms with Gasteiger partial charge >= 0.3 is 0 Å². The molecule has 0 spiro atoms. The van der Waals surface area contributed by atoms with Crippen LogP contribution < -0.4 is 5.73 Å². The molecule has 6 nitrogen and oxygen atoms in total. The van der Waals surface area contributed by atoms with Crippen LogP contribution in [-0.2, 0) is 9.53 Å². The molecule has 2 aliphatic rings. The van der Waals surface area contributed by atoms with E-state index in [4.69, 9.17) is 10.5 Å². The lowest BCUT2D eigenvalue weighted by Crippen LogP contribution is -2.40. The Balaban J connectivity index is 1.52. The summed E-state index contributed by atoms with van der Waals surface area (Å²) in [6, 6.07) is 1.84. The number of aromatic amines is 1. The van der Waals surface area contributed by atoms with Crippen LogP contribution in [-0.4, -0.2) is 47.5 Å². The average Bonchev–Trinajstić information content (AvgIpc) is 3.16. The van der Waals surface area contributed by atoms with Crippen LogP contribution in [0.25, 0.3) is 0 Å². The zero-order chi connectivity index (χ0) is 16.4. The molecule has 1 aromatic heterocycles. The van der Waals surface area contributed by atoms with Crippen molar-refractivity contribution < 1.29 is 14.3 Å². The van der Waals surface area contributed by atoms with Crippen LogP contribution >= 0.6 is 0 Å². The molecule has 3 N–H and O–H groups in total. The Labute approximate surface area is 136 Å². The molecule has 0 unspecified atom stereocenters. The predicted molar refractivity (Wildman–Crippen MR) is 85.8 cm³/mol. The third kappa shape index (κ3) is 3.42. The number of likely N-dealkylation sites (tertiary alicyclic amines) is 1. The maximum Gasteiger partial charge on any atom is 0.255 e. The first kappa shape index (κ1) is 16.1. The van der Waals surface area contributed by atoms with Gasteiger partial charge in [0, 0.05) is 31.6 Å². The van der Waals surface area contributed by atoms with E-state index in [0.29, 0.717) is 12.5 Å².